The highest BCUT2D eigenvalue weighted by atomic mass is 32.1. The van der Waals surface area contributed by atoms with E-state index < -0.39 is 0 Å². The van der Waals surface area contributed by atoms with Crippen molar-refractivity contribution in [1.82, 2.24) is 0 Å². The molecule has 0 radical (unpaired) electrons. The van der Waals surface area contributed by atoms with Gasteiger partial charge in [-0.1, -0.05) is 172 Å². The molecule has 1 heterocycles. The fourth-order valence-electron chi connectivity index (χ4n) is 11.2. The first-order valence-electron chi connectivity index (χ1n) is 20.1. The van der Waals surface area contributed by atoms with Gasteiger partial charge in [-0.25, -0.2) is 0 Å². The molecule has 12 rings (SSSR count). The van der Waals surface area contributed by atoms with Crippen molar-refractivity contribution in [2.75, 3.05) is 0 Å². The predicted molar refractivity (Wildman–Crippen MR) is 236 cm³/mol. The van der Waals surface area contributed by atoms with Crippen molar-refractivity contribution in [2.45, 2.75) is 43.4 Å². The Morgan fingerprint density at radius 1 is 0.429 bits per heavy atom. The Kier molecular flexibility index (Phi) is 6.76. The molecule has 266 valence electrons. The zero-order valence-electron chi connectivity index (χ0n) is 31.6. The summed E-state index contributed by atoms with van der Waals surface area (Å²) in [5, 5.41) is 2.73. The average molecular weight is 733 g/mol. The Bertz CT molecular complexity index is 3030. The summed E-state index contributed by atoms with van der Waals surface area (Å²) < 4.78 is 2.72. The maximum absolute atomic E-state index is 2.56. The van der Waals surface area contributed by atoms with Crippen molar-refractivity contribution in [1.29, 1.82) is 0 Å². The van der Waals surface area contributed by atoms with Crippen LogP contribution in [0.25, 0.3) is 53.6 Å². The SMILES string of the molecule is CC1(C)c2ccccc2-c2ccc(C(CCc3cccc4c3-c3ccccc3C43c4ccccc4-c4ccccc43)c3ccc4sc5ccccc5c4c3)cc21. The number of aryl methyl sites for hydroxylation is 1. The van der Waals surface area contributed by atoms with Gasteiger partial charge in [0.25, 0.3) is 0 Å². The van der Waals surface area contributed by atoms with Crippen LogP contribution in [0, 0.1) is 0 Å². The molecule has 3 aliphatic carbocycles. The molecule has 0 saturated carbocycles. The first-order valence-corrected chi connectivity index (χ1v) is 20.9. The minimum absolute atomic E-state index is 0.0495. The molecule has 0 N–H and O–H groups in total. The van der Waals surface area contributed by atoms with Gasteiger partial charge in [-0.05, 0) is 114 Å². The zero-order chi connectivity index (χ0) is 37.2. The molecule has 3 aliphatic rings. The summed E-state index contributed by atoms with van der Waals surface area (Å²) in [6, 6.07) is 67.3. The van der Waals surface area contributed by atoms with Gasteiger partial charge >= 0.3 is 0 Å². The minimum atomic E-state index is -0.319. The molecule has 9 aromatic rings. The second-order valence-corrected chi connectivity index (χ2v) is 17.7. The smallest absolute Gasteiger partial charge is 0.0725 e. The second-order valence-electron chi connectivity index (χ2n) is 16.6. The van der Waals surface area contributed by atoms with Gasteiger partial charge in [0.2, 0.25) is 0 Å². The summed E-state index contributed by atoms with van der Waals surface area (Å²) in [4.78, 5) is 0. The topological polar surface area (TPSA) is 0 Å². The molecule has 1 spiro atoms. The average Bonchev–Trinajstić information content (AvgIpc) is 3.93. The highest BCUT2D eigenvalue weighted by Gasteiger charge is 2.51. The van der Waals surface area contributed by atoms with E-state index in [1.807, 2.05) is 11.3 Å². The highest BCUT2D eigenvalue weighted by Crippen LogP contribution is 2.63. The van der Waals surface area contributed by atoms with Crippen LogP contribution >= 0.6 is 11.3 Å². The Morgan fingerprint density at radius 3 is 1.71 bits per heavy atom. The van der Waals surface area contributed by atoms with Crippen LogP contribution in [-0.2, 0) is 17.3 Å². The molecule has 8 aromatic carbocycles. The van der Waals surface area contributed by atoms with Gasteiger partial charge in [-0.2, -0.15) is 0 Å². The first kappa shape index (κ1) is 32.2. The molecular formula is C55H40S. The van der Waals surface area contributed by atoms with Gasteiger partial charge < -0.3 is 0 Å². The predicted octanol–water partition coefficient (Wildman–Crippen LogP) is 14.5. The Morgan fingerprint density at radius 2 is 0.964 bits per heavy atom. The van der Waals surface area contributed by atoms with Crippen molar-refractivity contribution in [2.24, 2.45) is 0 Å². The Labute approximate surface area is 332 Å². The van der Waals surface area contributed by atoms with E-state index in [1.54, 1.807) is 0 Å². The molecule has 0 aliphatic heterocycles. The number of thiophene rings is 1. The van der Waals surface area contributed by atoms with E-state index in [0.29, 0.717) is 0 Å². The van der Waals surface area contributed by atoms with E-state index in [2.05, 4.69) is 190 Å². The molecule has 0 fully saturated rings. The molecule has 0 amide bonds. The summed E-state index contributed by atoms with van der Waals surface area (Å²) in [6.45, 7) is 4.81. The van der Waals surface area contributed by atoms with Gasteiger partial charge in [-0.15, -0.1) is 11.3 Å². The molecule has 1 heteroatoms. The van der Waals surface area contributed by atoms with Crippen LogP contribution in [0.15, 0.2) is 176 Å². The largest absolute Gasteiger partial charge is 0.135 e. The van der Waals surface area contributed by atoms with Crippen LogP contribution in [0.2, 0.25) is 0 Å². The van der Waals surface area contributed by atoms with E-state index in [-0.39, 0.29) is 16.7 Å². The molecule has 56 heavy (non-hydrogen) atoms. The van der Waals surface area contributed by atoms with E-state index in [9.17, 15) is 0 Å². The van der Waals surface area contributed by atoms with E-state index in [4.69, 9.17) is 0 Å². The van der Waals surface area contributed by atoms with E-state index >= 15 is 0 Å². The number of hydrogen-bond donors (Lipinski definition) is 0. The fourth-order valence-corrected chi connectivity index (χ4v) is 12.2. The number of hydrogen-bond acceptors (Lipinski definition) is 1. The van der Waals surface area contributed by atoms with Crippen molar-refractivity contribution in [3.8, 4) is 33.4 Å². The third-order valence-corrected chi connectivity index (χ3v) is 14.8. The van der Waals surface area contributed by atoms with Gasteiger partial charge in [0, 0.05) is 31.5 Å². The Balaban J connectivity index is 1.02. The summed E-state index contributed by atoms with van der Waals surface area (Å²) in [7, 11) is 0. The summed E-state index contributed by atoms with van der Waals surface area (Å²) in [6.07, 6.45) is 1.99. The number of benzene rings is 8. The maximum Gasteiger partial charge on any atom is 0.0725 e. The fraction of sp³-hybridized carbons (Fsp3) is 0.127. The highest BCUT2D eigenvalue weighted by molar-refractivity contribution is 7.25. The van der Waals surface area contributed by atoms with Gasteiger partial charge in [0.15, 0.2) is 0 Å². The number of fused-ring (bicyclic) bond motifs is 16. The van der Waals surface area contributed by atoms with Crippen LogP contribution in [0.5, 0.6) is 0 Å². The van der Waals surface area contributed by atoms with Crippen LogP contribution in [-0.4, -0.2) is 0 Å². The monoisotopic (exact) mass is 732 g/mol. The van der Waals surface area contributed by atoms with Gasteiger partial charge in [-0.3, -0.25) is 0 Å². The van der Waals surface area contributed by atoms with Crippen molar-refractivity contribution < 1.29 is 0 Å². The van der Waals surface area contributed by atoms with Crippen molar-refractivity contribution in [3.63, 3.8) is 0 Å². The van der Waals surface area contributed by atoms with E-state index in [1.165, 1.54) is 104 Å². The lowest BCUT2D eigenvalue weighted by Gasteiger charge is -2.30. The third-order valence-electron chi connectivity index (χ3n) is 13.6. The van der Waals surface area contributed by atoms with Gasteiger partial charge in [0.1, 0.15) is 0 Å². The molecule has 1 unspecified atom stereocenters. The van der Waals surface area contributed by atoms with Crippen LogP contribution in [0.4, 0.5) is 0 Å². The quantitative estimate of drug-likeness (QED) is 0.165. The summed E-state index contributed by atoms with van der Waals surface area (Å²) >= 11 is 1.90. The van der Waals surface area contributed by atoms with Gasteiger partial charge in [0.05, 0.1) is 5.41 Å². The molecule has 0 nitrogen and oxygen atoms in total. The number of rotatable bonds is 5. The maximum atomic E-state index is 2.56. The lowest BCUT2D eigenvalue weighted by Crippen LogP contribution is -2.25. The molecular weight excluding hydrogens is 693 g/mol. The molecule has 0 saturated heterocycles. The normalized spacial score (nSPS) is 15.3. The lowest BCUT2D eigenvalue weighted by molar-refractivity contribution is 0.654. The third kappa shape index (κ3) is 4.24. The summed E-state index contributed by atoms with van der Waals surface area (Å²) in [5.41, 5.74) is 20.7. The van der Waals surface area contributed by atoms with E-state index in [0.717, 1.165) is 12.8 Å². The standard InChI is InChI=1S/C55H40S/c1-54(2)45-20-8-3-15-38(45)41-30-27-36(33-50(41)54)37(35-28-31-52-44(32-35)42-18-7-12-25-51(42)56-52)29-26-34-14-13-24-49-53(34)43-19-6-11-23-48(43)55(49)46-21-9-4-16-39(46)40-17-5-10-22-47(40)55/h3-25,27-28,30-33,37H,26,29H2,1-2H3. The Hall–Kier alpha value is -6.02. The van der Waals surface area contributed by atoms with Crippen LogP contribution in [0.3, 0.4) is 0 Å². The molecule has 0 bridgehead atoms. The molecule has 1 atom stereocenters. The van der Waals surface area contributed by atoms with Crippen molar-refractivity contribution >= 4 is 31.5 Å². The first-order chi connectivity index (χ1) is 27.5. The lowest BCUT2D eigenvalue weighted by atomic mass is 9.70. The minimum Gasteiger partial charge on any atom is -0.135 e. The van der Waals surface area contributed by atoms with Crippen LogP contribution in [0.1, 0.15) is 76.3 Å². The zero-order valence-corrected chi connectivity index (χ0v) is 32.5. The second kappa shape index (κ2) is 11.7. The van der Waals surface area contributed by atoms with Crippen LogP contribution < -0.4 is 0 Å². The van der Waals surface area contributed by atoms with Crippen molar-refractivity contribution in [3.05, 3.63) is 226 Å². The summed E-state index contributed by atoms with van der Waals surface area (Å²) in [5.74, 6) is 0.234. The molecule has 1 aromatic heterocycles.